The lowest BCUT2D eigenvalue weighted by Gasteiger charge is -2.36. The minimum absolute atomic E-state index is 0.166. The van der Waals surface area contributed by atoms with Gasteiger partial charge in [0.1, 0.15) is 0 Å². The third-order valence-electron chi connectivity index (χ3n) is 6.42. The third kappa shape index (κ3) is 5.26. The van der Waals surface area contributed by atoms with Gasteiger partial charge in [0.2, 0.25) is 0 Å². The second-order valence-electron chi connectivity index (χ2n) is 8.67. The number of nitrogens with zero attached hydrogens (tertiary/aromatic N) is 4. The molecule has 2 heterocycles. The zero-order valence-corrected chi connectivity index (χ0v) is 20.6. The van der Waals surface area contributed by atoms with Crippen LogP contribution in [0.1, 0.15) is 43.6 Å². The molecule has 0 saturated carbocycles. The van der Waals surface area contributed by atoms with Crippen molar-refractivity contribution in [2.24, 2.45) is 0 Å². The number of unbranched alkanes of at least 4 members (excludes halogenated alkanes) is 2. The van der Waals surface area contributed by atoms with Crippen molar-refractivity contribution in [3.63, 3.8) is 0 Å². The maximum absolute atomic E-state index is 13.5. The summed E-state index contributed by atoms with van der Waals surface area (Å²) >= 11 is 6.30. The maximum atomic E-state index is 13.5. The lowest BCUT2D eigenvalue weighted by molar-refractivity contribution is 0.102. The topological polar surface area (TPSA) is 70.5 Å². The molecule has 4 rings (SSSR count). The van der Waals surface area contributed by atoms with Crippen LogP contribution >= 0.6 is 11.6 Å². The van der Waals surface area contributed by atoms with Crippen LogP contribution < -0.4 is 15.8 Å². The van der Waals surface area contributed by atoms with E-state index in [1.807, 2.05) is 24.3 Å². The Hall–Kier alpha value is -2.90. The largest absolute Gasteiger partial charge is 0.367 e. The molecule has 1 N–H and O–H groups in total. The molecular formula is C26H32ClN5O2. The standard InChI is InChI=1S/C26H32ClN5O2/c1-3-5-8-13-32-26(34)21-10-7-6-9-20(21)24(29-32)25(33)28-22-18-19(27)11-12-23(22)31-16-14-30(4-2)15-17-31/h6-7,9-12,18H,3-5,8,13-17H2,1-2H3,(H,28,33). The number of carbonyl (C=O) groups is 1. The third-order valence-corrected chi connectivity index (χ3v) is 6.66. The van der Waals surface area contributed by atoms with Gasteiger partial charge in [0.05, 0.1) is 16.8 Å². The summed E-state index contributed by atoms with van der Waals surface area (Å²) in [5, 5.41) is 9.14. The van der Waals surface area contributed by atoms with Gasteiger partial charge in [-0.2, -0.15) is 5.10 Å². The molecule has 3 aromatic rings. The first kappa shape index (κ1) is 24.2. The highest BCUT2D eigenvalue weighted by Crippen LogP contribution is 2.31. The molecule has 0 atom stereocenters. The zero-order valence-electron chi connectivity index (χ0n) is 19.9. The molecular weight excluding hydrogens is 450 g/mol. The molecule has 180 valence electrons. The summed E-state index contributed by atoms with van der Waals surface area (Å²) < 4.78 is 1.43. The number of hydrogen-bond acceptors (Lipinski definition) is 5. The van der Waals surface area contributed by atoms with Gasteiger partial charge in [0.15, 0.2) is 5.69 Å². The summed E-state index contributed by atoms with van der Waals surface area (Å²) in [7, 11) is 0. The quantitative estimate of drug-likeness (QED) is 0.475. The van der Waals surface area contributed by atoms with Crippen molar-refractivity contribution in [1.29, 1.82) is 0 Å². The molecule has 1 amide bonds. The van der Waals surface area contributed by atoms with Gasteiger partial charge >= 0.3 is 0 Å². The van der Waals surface area contributed by atoms with Crippen molar-refractivity contribution in [2.75, 3.05) is 42.9 Å². The number of carbonyl (C=O) groups excluding carboxylic acids is 1. The first-order valence-electron chi connectivity index (χ1n) is 12.1. The van der Waals surface area contributed by atoms with E-state index in [0.29, 0.717) is 28.0 Å². The summed E-state index contributed by atoms with van der Waals surface area (Å²) in [5.41, 5.74) is 1.67. The van der Waals surface area contributed by atoms with Gasteiger partial charge in [-0.15, -0.1) is 0 Å². The second-order valence-corrected chi connectivity index (χ2v) is 9.10. The predicted octanol–water partition coefficient (Wildman–Crippen LogP) is 4.63. The molecule has 1 fully saturated rings. The number of piperazine rings is 1. The molecule has 8 heteroatoms. The van der Waals surface area contributed by atoms with E-state index in [0.717, 1.165) is 57.7 Å². The number of aryl methyl sites for hydroxylation is 1. The normalized spacial score (nSPS) is 14.5. The first-order chi connectivity index (χ1) is 16.5. The monoisotopic (exact) mass is 481 g/mol. The Labute approximate surface area is 205 Å². The molecule has 7 nitrogen and oxygen atoms in total. The molecule has 1 aromatic heterocycles. The Kier molecular flexibility index (Phi) is 7.85. The van der Waals surface area contributed by atoms with E-state index in [2.05, 4.69) is 34.1 Å². The molecule has 34 heavy (non-hydrogen) atoms. The molecule has 2 aromatic carbocycles. The van der Waals surface area contributed by atoms with E-state index in [9.17, 15) is 9.59 Å². The number of amides is 1. The highest BCUT2D eigenvalue weighted by Gasteiger charge is 2.22. The molecule has 1 saturated heterocycles. The number of benzene rings is 2. The van der Waals surface area contributed by atoms with E-state index < -0.39 is 0 Å². The summed E-state index contributed by atoms with van der Waals surface area (Å²) in [6.45, 7) is 9.50. The van der Waals surface area contributed by atoms with Gasteiger partial charge in [0, 0.05) is 43.1 Å². The second kappa shape index (κ2) is 11.0. The van der Waals surface area contributed by atoms with Gasteiger partial charge < -0.3 is 15.1 Å². The maximum Gasteiger partial charge on any atom is 0.276 e. The lowest BCUT2D eigenvalue weighted by Crippen LogP contribution is -2.46. The molecule has 0 aliphatic carbocycles. The average molecular weight is 482 g/mol. The molecule has 0 spiro atoms. The fourth-order valence-corrected chi connectivity index (χ4v) is 4.61. The van der Waals surface area contributed by atoms with E-state index in [4.69, 9.17) is 11.6 Å². The average Bonchev–Trinajstić information content (AvgIpc) is 2.86. The van der Waals surface area contributed by atoms with Crippen LogP contribution in [-0.2, 0) is 6.54 Å². The van der Waals surface area contributed by atoms with Crippen LogP contribution in [0.25, 0.3) is 10.8 Å². The number of aromatic nitrogens is 2. The number of rotatable bonds is 8. The van der Waals surface area contributed by atoms with Gasteiger partial charge in [0.25, 0.3) is 11.5 Å². The van der Waals surface area contributed by atoms with Crippen molar-refractivity contribution >= 4 is 39.7 Å². The molecule has 1 aliphatic heterocycles. The first-order valence-corrected chi connectivity index (χ1v) is 12.5. The van der Waals surface area contributed by atoms with Crippen LogP contribution in [0, 0.1) is 0 Å². The van der Waals surface area contributed by atoms with Crippen LogP contribution in [-0.4, -0.2) is 53.3 Å². The summed E-state index contributed by atoms with van der Waals surface area (Å²) in [4.78, 5) is 31.1. The Balaban J connectivity index is 1.67. The Morgan fingerprint density at radius 3 is 2.47 bits per heavy atom. The Morgan fingerprint density at radius 1 is 1.03 bits per heavy atom. The highest BCUT2D eigenvalue weighted by molar-refractivity contribution is 6.31. The number of halogens is 1. The smallest absolute Gasteiger partial charge is 0.276 e. The minimum Gasteiger partial charge on any atom is -0.367 e. The molecule has 1 aliphatic rings. The van der Waals surface area contributed by atoms with Gasteiger partial charge in [-0.1, -0.05) is 56.5 Å². The SMILES string of the molecule is CCCCCn1nc(C(=O)Nc2cc(Cl)ccc2N2CCN(CC)CC2)c2ccccc2c1=O. The number of anilines is 2. The van der Waals surface area contributed by atoms with Crippen LogP contribution in [0.2, 0.25) is 5.02 Å². The number of hydrogen-bond donors (Lipinski definition) is 1. The predicted molar refractivity (Wildman–Crippen MR) is 139 cm³/mol. The van der Waals surface area contributed by atoms with Crippen LogP contribution in [0.4, 0.5) is 11.4 Å². The van der Waals surface area contributed by atoms with Crippen LogP contribution in [0.5, 0.6) is 0 Å². The van der Waals surface area contributed by atoms with E-state index in [-0.39, 0.29) is 17.2 Å². The fourth-order valence-electron chi connectivity index (χ4n) is 4.44. The van der Waals surface area contributed by atoms with Gasteiger partial charge in [-0.25, -0.2) is 4.68 Å². The molecule has 0 radical (unpaired) electrons. The summed E-state index contributed by atoms with van der Waals surface area (Å²) in [6.07, 6.45) is 2.88. The Bertz CT molecular complexity index is 1220. The number of nitrogens with one attached hydrogen (secondary N) is 1. The summed E-state index contributed by atoms with van der Waals surface area (Å²) in [6, 6.07) is 12.7. The molecule has 0 unspecified atom stereocenters. The van der Waals surface area contributed by atoms with Crippen molar-refractivity contribution < 1.29 is 4.79 Å². The van der Waals surface area contributed by atoms with Gasteiger partial charge in [-0.3, -0.25) is 9.59 Å². The highest BCUT2D eigenvalue weighted by atomic mass is 35.5. The van der Waals surface area contributed by atoms with E-state index in [1.54, 1.807) is 18.2 Å². The van der Waals surface area contributed by atoms with Crippen molar-refractivity contribution in [3.8, 4) is 0 Å². The van der Waals surface area contributed by atoms with Crippen molar-refractivity contribution in [1.82, 2.24) is 14.7 Å². The molecule has 0 bridgehead atoms. The van der Waals surface area contributed by atoms with E-state index in [1.165, 1.54) is 4.68 Å². The van der Waals surface area contributed by atoms with Crippen LogP contribution in [0.3, 0.4) is 0 Å². The van der Waals surface area contributed by atoms with E-state index >= 15 is 0 Å². The number of likely N-dealkylation sites (N-methyl/N-ethyl adjacent to an activating group) is 1. The summed E-state index contributed by atoms with van der Waals surface area (Å²) in [5.74, 6) is -0.351. The van der Waals surface area contributed by atoms with Crippen molar-refractivity contribution in [2.45, 2.75) is 39.7 Å². The minimum atomic E-state index is -0.351. The van der Waals surface area contributed by atoms with Crippen molar-refractivity contribution in [3.05, 3.63) is 63.5 Å². The van der Waals surface area contributed by atoms with Gasteiger partial charge in [-0.05, 0) is 37.2 Å². The lowest BCUT2D eigenvalue weighted by atomic mass is 10.1. The fraction of sp³-hybridized carbons (Fsp3) is 0.423. The number of fused-ring (bicyclic) bond motifs is 1. The van der Waals surface area contributed by atoms with Crippen LogP contribution in [0.15, 0.2) is 47.3 Å². The Morgan fingerprint density at radius 2 is 1.76 bits per heavy atom. The zero-order chi connectivity index (χ0) is 24.1.